The number of nitrogens with one attached hydrogen (secondary N) is 1. The Kier molecular flexibility index (Phi) is 4.15. The number of H-pyrrole nitrogens is 1. The van der Waals surface area contributed by atoms with Gasteiger partial charge in [0.05, 0.1) is 11.2 Å². The second-order valence-electron chi connectivity index (χ2n) is 6.47. The first-order valence-corrected chi connectivity index (χ1v) is 7.14. The molecule has 1 aliphatic heterocycles. The smallest absolute Gasteiger partial charge is 0.400 e. The van der Waals surface area contributed by atoms with Crippen molar-refractivity contribution in [3.63, 3.8) is 0 Å². The van der Waals surface area contributed by atoms with Crippen LogP contribution in [0.1, 0.15) is 51.8 Å². The maximum atomic E-state index is 12.2. The number of nitrogens with two attached hydrogens (primary N) is 1. The van der Waals surface area contributed by atoms with E-state index in [0.29, 0.717) is 11.1 Å². The molecule has 2 rings (SSSR count). The van der Waals surface area contributed by atoms with Crippen molar-refractivity contribution in [2.75, 3.05) is 0 Å². The van der Waals surface area contributed by atoms with Crippen LogP contribution >= 0.6 is 0 Å². The first-order valence-electron chi connectivity index (χ1n) is 7.14. The first kappa shape index (κ1) is 16.0. The highest BCUT2D eigenvalue weighted by molar-refractivity contribution is 6.52. The quantitative estimate of drug-likeness (QED) is 0.835. The summed E-state index contributed by atoms with van der Waals surface area (Å²) < 4.78 is 11.7. The molecule has 0 radical (unpaired) electrons. The van der Waals surface area contributed by atoms with E-state index in [-0.39, 0.29) is 22.7 Å². The molecular weight excluding hydrogens is 267 g/mol. The molecule has 1 saturated heterocycles. The molecule has 21 heavy (non-hydrogen) atoms. The number of pyridine rings is 1. The monoisotopic (exact) mass is 290 g/mol. The van der Waals surface area contributed by atoms with Gasteiger partial charge >= 0.3 is 7.12 Å². The summed E-state index contributed by atoms with van der Waals surface area (Å²) >= 11 is 0. The molecule has 0 bridgehead atoms. The molecule has 1 unspecified atom stereocenters. The minimum Gasteiger partial charge on any atom is -0.400 e. The van der Waals surface area contributed by atoms with Crippen molar-refractivity contribution in [1.82, 2.24) is 4.98 Å². The number of aromatic amines is 1. The van der Waals surface area contributed by atoms with Gasteiger partial charge in [-0.05, 0) is 34.6 Å². The molecule has 0 spiro atoms. The van der Waals surface area contributed by atoms with Crippen LogP contribution < -0.4 is 11.2 Å². The number of hydrogen-bond donors (Lipinski definition) is 2. The zero-order chi connectivity index (χ0) is 15.8. The Hall–Kier alpha value is -1.37. The third-order valence-electron chi connectivity index (χ3n) is 4.20. The van der Waals surface area contributed by atoms with Gasteiger partial charge in [-0.15, -0.1) is 0 Å². The van der Waals surface area contributed by atoms with Crippen LogP contribution in [0, 0.1) is 0 Å². The van der Waals surface area contributed by atoms with Gasteiger partial charge in [-0.3, -0.25) is 4.79 Å². The van der Waals surface area contributed by atoms with Gasteiger partial charge in [0.25, 0.3) is 0 Å². The summed E-state index contributed by atoms with van der Waals surface area (Å²) in [6.45, 7) is 9.75. The molecule has 5 nitrogen and oxygen atoms in total. The summed E-state index contributed by atoms with van der Waals surface area (Å²) in [7, 11) is -0.464. The van der Waals surface area contributed by atoms with Gasteiger partial charge in [0.2, 0.25) is 0 Å². The van der Waals surface area contributed by atoms with Crippen LogP contribution in [0.4, 0.5) is 0 Å². The lowest BCUT2D eigenvalue weighted by Crippen LogP contribution is -2.41. The molecule has 1 fully saturated rings. The van der Waals surface area contributed by atoms with Gasteiger partial charge in [-0.1, -0.05) is 12.1 Å². The second kappa shape index (κ2) is 5.44. The van der Waals surface area contributed by atoms with Crippen molar-refractivity contribution in [3.8, 4) is 0 Å². The van der Waals surface area contributed by atoms with E-state index in [4.69, 9.17) is 15.0 Å². The Morgan fingerprint density at radius 3 is 2.33 bits per heavy atom. The summed E-state index contributed by atoms with van der Waals surface area (Å²) in [6.07, 6.45) is 5.00. The Labute approximate surface area is 125 Å². The van der Waals surface area contributed by atoms with Crippen molar-refractivity contribution in [3.05, 3.63) is 39.7 Å². The highest BCUT2D eigenvalue weighted by atomic mass is 16.7. The normalized spacial score (nSPS) is 21.9. The standard InChI is InChI=1S/C15H23BN2O3/c1-10(17)12-9-18-8-11(13(12)19)6-7-16-20-14(2,3)15(4,5)21-16/h6-10H,17H2,1-5H3,(H,18,19)/b7-6+. The average Bonchev–Trinajstić information content (AvgIpc) is 2.56. The van der Waals surface area contributed by atoms with E-state index in [2.05, 4.69) is 4.98 Å². The van der Waals surface area contributed by atoms with E-state index in [0.717, 1.165) is 0 Å². The Morgan fingerprint density at radius 1 is 1.24 bits per heavy atom. The molecule has 1 aromatic heterocycles. The van der Waals surface area contributed by atoms with Gasteiger partial charge < -0.3 is 20.0 Å². The van der Waals surface area contributed by atoms with Gasteiger partial charge in [-0.2, -0.15) is 0 Å². The lowest BCUT2D eigenvalue weighted by molar-refractivity contribution is 0.00578. The fourth-order valence-corrected chi connectivity index (χ4v) is 2.13. The van der Waals surface area contributed by atoms with Gasteiger partial charge in [-0.25, -0.2) is 0 Å². The Balaban J connectivity index is 2.21. The minimum absolute atomic E-state index is 0.0727. The zero-order valence-electron chi connectivity index (χ0n) is 13.3. The van der Waals surface area contributed by atoms with Crippen LogP contribution in [-0.4, -0.2) is 23.3 Å². The lowest BCUT2D eigenvalue weighted by atomic mass is 9.89. The predicted molar refractivity (Wildman–Crippen MR) is 84.8 cm³/mol. The summed E-state index contributed by atoms with van der Waals surface area (Å²) in [5.74, 6) is 1.76. The summed E-state index contributed by atoms with van der Waals surface area (Å²) in [5, 5.41) is 0. The molecule has 0 aliphatic carbocycles. The molecule has 1 atom stereocenters. The molecule has 2 heterocycles. The number of rotatable bonds is 3. The topological polar surface area (TPSA) is 77.3 Å². The van der Waals surface area contributed by atoms with Crippen LogP contribution in [0.3, 0.4) is 0 Å². The largest absolute Gasteiger partial charge is 0.487 e. The minimum atomic E-state index is -0.464. The van der Waals surface area contributed by atoms with Crippen LogP contribution in [0.25, 0.3) is 6.08 Å². The van der Waals surface area contributed by atoms with E-state index in [1.807, 2.05) is 27.7 Å². The summed E-state index contributed by atoms with van der Waals surface area (Å²) in [4.78, 5) is 15.2. The van der Waals surface area contributed by atoms with E-state index < -0.39 is 7.12 Å². The Bertz CT molecular complexity index is 589. The van der Waals surface area contributed by atoms with Gasteiger partial charge in [0.1, 0.15) is 0 Å². The van der Waals surface area contributed by atoms with Crippen molar-refractivity contribution < 1.29 is 9.31 Å². The van der Waals surface area contributed by atoms with Gasteiger partial charge in [0, 0.05) is 29.6 Å². The molecule has 0 saturated carbocycles. The van der Waals surface area contributed by atoms with Crippen molar-refractivity contribution in [2.24, 2.45) is 5.73 Å². The molecule has 0 aromatic carbocycles. The van der Waals surface area contributed by atoms with Crippen LogP contribution in [-0.2, 0) is 9.31 Å². The molecule has 0 amide bonds. The van der Waals surface area contributed by atoms with E-state index in [9.17, 15) is 4.79 Å². The highest BCUT2D eigenvalue weighted by Crippen LogP contribution is 2.36. The third kappa shape index (κ3) is 3.12. The average molecular weight is 290 g/mol. The van der Waals surface area contributed by atoms with E-state index in [1.165, 1.54) is 0 Å². The molecular formula is C15H23BN2O3. The van der Waals surface area contributed by atoms with Crippen molar-refractivity contribution in [1.29, 1.82) is 0 Å². The fraction of sp³-hybridized carbons (Fsp3) is 0.533. The lowest BCUT2D eigenvalue weighted by Gasteiger charge is -2.32. The number of hydrogen-bond acceptors (Lipinski definition) is 4. The summed E-state index contributed by atoms with van der Waals surface area (Å²) in [6, 6.07) is -0.307. The predicted octanol–water partition coefficient (Wildman–Crippen LogP) is 2.04. The molecule has 6 heteroatoms. The van der Waals surface area contributed by atoms with E-state index >= 15 is 0 Å². The van der Waals surface area contributed by atoms with Crippen LogP contribution in [0.5, 0.6) is 0 Å². The molecule has 114 valence electrons. The third-order valence-corrected chi connectivity index (χ3v) is 4.20. The fourth-order valence-electron chi connectivity index (χ4n) is 2.13. The maximum absolute atomic E-state index is 12.2. The van der Waals surface area contributed by atoms with E-state index in [1.54, 1.807) is 31.4 Å². The highest BCUT2D eigenvalue weighted by Gasteiger charge is 2.50. The Morgan fingerprint density at radius 2 is 1.81 bits per heavy atom. The first-order chi connectivity index (χ1) is 9.64. The van der Waals surface area contributed by atoms with Crippen molar-refractivity contribution >= 4 is 13.2 Å². The summed E-state index contributed by atoms with van der Waals surface area (Å²) in [5.41, 5.74) is 6.04. The van der Waals surface area contributed by atoms with Crippen LogP contribution in [0.2, 0.25) is 0 Å². The SMILES string of the molecule is CC(N)c1c[nH]cc(/C=C/B2OC(C)(C)C(C)(C)O2)c1=O. The molecule has 3 N–H and O–H groups in total. The molecule has 1 aromatic rings. The number of aromatic nitrogens is 1. The second-order valence-corrected chi connectivity index (χ2v) is 6.47. The van der Waals surface area contributed by atoms with Gasteiger partial charge in [0.15, 0.2) is 5.43 Å². The van der Waals surface area contributed by atoms with Crippen molar-refractivity contribution in [2.45, 2.75) is 51.9 Å². The maximum Gasteiger partial charge on any atom is 0.487 e. The zero-order valence-corrected chi connectivity index (χ0v) is 13.3. The molecule has 1 aliphatic rings. The van der Waals surface area contributed by atoms with Crippen LogP contribution in [0.15, 0.2) is 23.2 Å².